The zero-order valence-corrected chi connectivity index (χ0v) is 16.5. The minimum atomic E-state index is 0.154. The van der Waals surface area contributed by atoms with Crippen LogP contribution < -0.4 is 9.80 Å². The highest BCUT2D eigenvalue weighted by Crippen LogP contribution is 2.34. The van der Waals surface area contributed by atoms with Gasteiger partial charge in [0.15, 0.2) is 0 Å². The summed E-state index contributed by atoms with van der Waals surface area (Å²) in [6.07, 6.45) is 0. The fourth-order valence-electron chi connectivity index (χ4n) is 3.19. The van der Waals surface area contributed by atoms with E-state index in [0.29, 0.717) is 0 Å². The number of anilines is 2. The summed E-state index contributed by atoms with van der Waals surface area (Å²) in [4.78, 5) is 4.23. The number of hydrogen-bond acceptors (Lipinski definition) is 2. The van der Waals surface area contributed by atoms with Crippen molar-refractivity contribution in [2.45, 2.75) is 5.92 Å². The van der Waals surface area contributed by atoms with Crippen LogP contribution in [0.15, 0.2) is 72.8 Å². The molecule has 0 N–H and O–H groups in total. The average molecular weight is 365 g/mol. The van der Waals surface area contributed by atoms with Crippen LogP contribution in [0.2, 0.25) is 5.02 Å². The highest BCUT2D eigenvalue weighted by molar-refractivity contribution is 6.30. The lowest BCUT2D eigenvalue weighted by Gasteiger charge is -2.22. The Kier molecular flexibility index (Phi) is 5.53. The van der Waals surface area contributed by atoms with Crippen molar-refractivity contribution in [1.29, 1.82) is 0 Å². The highest BCUT2D eigenvalue weighted by Gasteiger charge is 2.17. The van der Waals surface area contributed by atoms with Crippen molar-refractivity contribution >= 4 is 23.0 Å². The minimum absolute atomic E-state index is 0.154. The van der Waals surface area contributed by atoms with Crippen LogP contribution in [-0.4, -0.2) is 28.2 Å². The summed E-state index contributed by atoms with van der Waals surface area (Å²) < 4.78 is 0. The zero-order chi connectivity index (χ0) is 18.7. The van der Waals surface area contributed by atoms with Crippen LogP contribution in [0.1, 0.15) is 22.6 Å². The number of benzene rings is 3. The Morgan fingerprint density at radius 3 is 1.46 bits per heavy atom. The van der Waals surface area contributed by atoms with Crippen LogP contribution in [0.25, 0.3) is 0 Å². The maximum absolute atomic E-state index is 6.28. The number of hydrogen-bond donors (Lipinski definition) is 0. The van der Waals surface area contributed by atoms with E-state index in [0.717, 1.165) is 5.02 Å². The molecule has 0 aliphatic rings. The van der Waals surface area contributed by atoms with Gasteiger partial charge in [-0.2, -0.15) is 0 Å². The lowest BCUT2D eigenvalue weighted by Crippen LogP contribution is -2.10. The van der Waals surface area contributed by atoms with Crippen LogP contribution in [0, 0.1) is 0 Å². The molecule has 0 unspecified atom stereocenters. The molecule has 0 saturated carbocycles. The maximum Gasteiger partial charge on any atom is 0.0409 e. The van der Waals surface area contributed by atoms with Gasteiger partial charge >= 0.3 is 0 Å². The van der Waals surface area contributed by atoms with Crippen LogP contribution in [0.3, 0.4) is 0 Å². The first-order valence-electron chi connectivity index (χ1n) is 8.76. The smallest absolute Gasteiger partial charge is 0.0409 e. The molecule has 26 heavy (non-hydrogen) atoms. The van der Waals surface area contributed by atoms with Gasteiger partial charge < -0.3 is 9.80 Å². The number of rotatable bonds is 5. The van der Waals surface area contributed by atoms with Gasteiger partial charge in [0.2, 0.25) is 0 Å². The molecule has 0 aliphatic heterocycles. The van der Waals surface area contributed by atoms with Crippen LogP contribution in [0.5, 0.6) is 0 Å². The first kappa shape index (κ1) is 18.3. The van der Waals surface area contributed by atoms with E-state index in [9.17, 15) is 0 Å². The van der Waals surface area contributed by atoms with E-state index in [-0.39, 0.29) is 5.92 Å². The van der Waals surface area contributed by atoms with E-state index in [4.69, 9.17) is 11.6 Å². The molecule has 0 aliphatic carbocycles. The second-order valence-electron chi connectivity index (χ2n) is 6.96. The SMILES string of the molecule is CN(C)c1ccc(C(c2ccc(N(C)C)cc2)c2cccc(Cl)c2)cc1. The van der Waals surface area contributed by atoms with Gasteiger partial charge in [-0.3, -0.25) is 0 Å². The normalized spacial score (nSPS) is 10.8. The van der Waals surface area contributed by atoms with Gasteiger partial charge in [-0.15, -0.1) is 0 Å². The first-order valence-corrected chi connectivity index (χ1v) is 9.13. The Morgan fingerprint density at radius 2 is 1.08 bits per heavy atom. The average Bonchev–Trinajstić information content (AvgIpc) is 2.63. The Morgan fingerprint density at radius 1 is 0.615 bits per heavy atom. The fourth-order valence-corrected chi connectivity index (χ4v) is 3.39. The summed E-state index contributed by atoms with van der Waals surface area (Å²) in [7, 11) is 8.24. The molecule has 134 valence electrons. The van der Waals surface area contributed by atoms with E-state index < -0.39 is 0 Å². The molecule has 0 heterocycles. The third kappa shape index (κ3) is 4.03. The number of halogens is 1. The zero-order valence-electron chi connectivity index (χ0n) is 15.8. The van der Waals surface area contributed by atoms with Gasteiger partial charge in [0, 0.05) is 50.5 Å². The first-order chi connectivity index (χ1) is 12.5. The predicted molar refractivity (Wildman–Crippen MR) is 114 cm³/mol. The van der Waals surface area contributed by atoms with E-state index >= 15 is 0 Å². The monoisotopic (exact) mass is 364 g/mol. The number of nitrogens with zero attached hydrogens (tertiary/aromatic N) is 2. The molecular formula is C23H25ClN2. The lowest BCUT2D eigenvalue weighted by molar-refractivity contribution is 0.973. The summed E-state index contributed by atoms with van der Waals surface area (Å²) in [5.74, 6) is 0.154. The second kappa shape index (κ2) is 7.84. The predicted octanol–water partition coefficient (Wildman–Crippen LogP) is 5.65. The Hall–Kier alpha value is -2.45. The van der Waals surface area contributed by atoms with Gasteiger partial charge in [0.25, 0.3) is 0 Å². The third-order valence-corrected chi connectivity index (χ3v) is 4.90. The summed E-state index contributed by atoms with van der Waals surface area (Å²) in [5.41, 5.74) is 6.11. The summed E-state index contributed by atoms with van der Waals surface area (Å²) in [6.45, 7) is 0. The molecule has 3 rings (SSSR count). The van der Waals surface area contributed by atoms with Crippen molar-refractivity contribution in [3.63, 3.8) is 0 Å². The van der Waals surface area contributed by atoms with Crippen molar-refractivity contribution in [3.05, 3.63) is 94.5 Å². The topological polar surface area (TPSA) is 6.48 Å². The maximum atomic E-state index is 6.28. The van der Waals surface area contributed by atoms with Crippen molar-refractivity contribution in [3.8, 4) is 0 Å². The Bertz CT molecular complexity index is 801. The molecule has 0 fully saturated rings. The van der Waals surface area contributed by atoms with Gasteiger partial charge in [-0.25, -0.2) is 0 Å². The molecular weight excluding hydrogens is 340 g/mol. The molecule has 2 nitrogen and oxygen atoms in total. The van der Waals surface area contributed by atoms with E-state index in [1.807, 2.05) is 12.1 Å². The van der Waals surface area contributed by atoms with E-state index in [1.165, 1.54) is 28.1 Å². The van der Waals surface area contributed by atoms with Crippen molar-refractivity contribution < 1.29 is 0 Å². The fraction of sp³-hybridized carbons (Fsp3) is 0.217. The molecule has 0 spiro atoms. The summed E-state index contributed by atoms with van der Waals surface area (Å²) >= 11 is 6.28. The molecule has 3 heteroatoms. The van der Waals surface area contributed by atoms with Crippen LogP contribution >= 0.6 is 11.6 Å². The summed E-state index contributed by atoms with van der Waals surface area (Å²) in [5, 5.41) is 0.766. The van der Waals surface area contributed by atoms with Crippen molar-refractivity contribution in [1.82, 2.24) is 0 Å². The minimum Gasteiger partial charge on any atom is -0.378 e. The molecule has 0 amide bonds. The van der Waals surface area contributed by atoms with Crippen LogP contribution in [-0.2, 0) is 0 Å². The van der Waals surface area contributed by atoms with E-state index in [1.54, 1.807) is 0 Å². The molecule has 0 radical (unpaired) electrons. The largest absolute Gasteiger partial charge is 0.378 e. The highest BCUT2D eigenvalue weighted by atomic mass is 35.5. The quantitative estimate of drug-likeness (QED) is 0.539. The van der Waals surface area contributed by atoms with Crippen LogP contribution in [0.4, 0.5) is 11.4 Å². The van der Waals surface area contributed by atoms with Gasteiger partial charge in [0.05, 0.1) is 0 Å². The molecule has 0 aromatic heterocycles. The molecule has 0 bridgehead atoms. The van der Waals surface area contributed by atoms with Crippen molar-refractivity contribution in [2.75, 3.05) is 38.0 Å². The molecule has 3 aromatic rings. The standard InChI is InChI=1S/C23H25ClN2/c1-25(2)21-12-8-17(9-13-21)23(19-6-5-7-20(24)16-19)18-10-14-22(15-11-18)26(3)4/h5-16,23H,1-4H3. The van der Waals surface area contributed by atoms with E-state index in [2.05, 4.69) is 98.7 Å². The molecule has 0 atom stereocenters. The van der Waals surface area contributed by atoms with Gasteiger partial charge in [-0.1, -0.05) is 48.0 Å². The Balaban J connectivity index is 2.07. The molecule has 3 aromatic carbocycles. The lowest BCUT2D eigenvalue weighted by atomic mass is 9.85. The second-order valence-corrected chi connectivity index (χ2v) is 7.40. The van der Waals surface area contributed by atoms with Crippen molar-refractivity contribution in [2.24, 2.45) is 0 Å². The summed E-state index contributed by atoms with van der Waals surface area (Å²) in [6, 6.07) is 25.7. The van der Waals surface area contributed by atoms with Gasteiger partial charge in [-0.05, 0) is 53.1 Å². The third-order valence-electron chi connectivity index (χ3n) is 4.67. The molecule has 0 saturated heterocycles. The van der Waals surface area contributed by atoms with Gasteiger partial charge in [0.1, 0.15) is 0 Å². The Labute approximate surface area is 161 Å².